The van der Waals surface area contributed by atoms with Crippen LogP contribution in [0.5, 0.6) is 0 Å². The number of hydrogen-bond acceptors (Lipinski definition) is 3. The lowest BCUT2D eigenvalue weighted by atomic mass is 9.89. The molecule has 1 aliphatic heterocycles. The number of carbonyl (C=O) groups is 1. The number of nitrogens with zero attached hydrogens (tertiary/aromatic N) is 1. The molecule has 0 spiro atoms. The molecular formula is C17H23ClN2O. The lowest BCUT2D eigenvalue weighted by Gasteiger charge is -2.26. The van der Waals surface area contributed by atoms with Crippen molar-refractivity contribution in [2.45, 2.75) is 32.1 Å². The summed E-state index contributed by atoms with van der Waals surface area (Å²) in [5, 5.41) is 3.97. The number of aryl methyl sites for hydroxylation is 2. The Morgan fingerprint density at radius 2 is 1.81 bits per heavy atom. The standard InChI is InChI=1S/C17H23ClN2O/c18-16-12-14-4-2-1-3-13(14)11-15(16)17(21)5-8-20-9-6-19-7-10-20/h11-12,19H,1-10H2. The zero-order valence-corrected chi connectivity index (χ0v) is 13.2. The predicted molar refractivity (Wildman–Crippen MR) is 86.4 cm³/mol. The fraction of sp³-hybridized carbons (Fsp3) is 0.588. The van der Waals surface area contributed by atoms with Gasteiger partial charge in [-0.05, 0) is 48.9 Å². The lowest BCUT2D eigenvalue weighted by molar-refractivity contribution is 0.0960. The fourth-order valence-corrected chi connectivity index (χ4v) is 3.59. The molecule has 114 valence electrons. The highest BCUT2D eigenvalue weighted by Gasteiger charge is 2.18. The lowest BCUT2D eigenvalue weighted by Crippen LogP contribution is -2.44. The largest absolute Gasteiger partial charge is 0.314 e. The number of halogens is 1. The van der Waals surface area contributed by atoms with Gasteiger partial charge in [0.1, 0.15) is 0 Å². The van der Waals surface area contributed by atoms with Crippen LogP contribution in [0.1, 0.15) is 40.7 Å². The molecule has 21 heavy (non-hydrogen) atoms. The Hall–Kier alpha value is -0.900. The van der Waals surface area contributed by atoms with Gasteiger partial charge in [0.2, 0.25) is 0 Å². The van der Waals surface area contributed by atoms with Crippen LogP contribution < -0.4 is 5.32 Å². The van der Waals surface area contributed by atoms with E-state index >= 15 is 0 Å². The van der Waals surface area contributed by atoms with E-state index in [4.69, 9.17) is 11.6 Å². The Morgan fingerprint density at radius 3 is 2.52 bits per heavy atom. The zero-order chi connectivity index (χ0) is 14.7. The fourth-order valence-electron chi connectivity index (χ4n) is 3.30. The van der Waals surface area contributed by atoms with Crippen LogP contribution in [0.3, 0.4) is 0 Å². The number of rotatable bonds is 4. The average molecular weight is 307 g/mol. The summed E-state index contributed by atoms with van der Waals surface area (Å²) < 4.78 is 0. The first-order chi connectivity index (χ1) is 10.2. The molecule has 0 saturated carbocycles. The second-order valence-electron chi connectivity index (χ2n) is 6.07. The number of ketones is 1. The van der Waals surface area contributed by atoms with Gasteiger partial charge in [0.25, 0.3) is 0 Å². The third kappa shape index (κ3) is 3.65. The van der Waals surface area contributed by atoms with Crippen molar-refractivity contribution >= 4 is 17.4 Å². The van der Waals surface area contributed by atoms with E-state index in [9.17, 15) is 4.79 Å². The summed E-state index contributed by atoms with van der Waals surface area (Å²) in [6, 6.07) is 4.07. The quantitative estimate of drug-likeness (QED) is 0.868. The molecule has 0 unspecified atom stereocenters. The molecule has 1 N–H and O–H groups in total. The first-order valence-electron chi connectivity index (χ1n) is 8.01. The summed E-state index contributed by atoms with van der Waals surface area (Å²) in [6.45, 7) is 4.95. The molecule has 0 amide bonds. The maximum Gasteiger partial charge on any atom is 0.165 e. The van der Waals surface area contributed by atoms with Crippen LogP contribution in [0, 0.1) is 0 Å². The van der Waals surface area contributed by atoms with Crippen molar-refractivity contribution < 1.29 is 4.79 Å². The van der Waals surface area contributed by atoms with Crippen molar-refractivity contribution in [3.8, 4) is 0 Å². The van der Waals surface area contributed by atoms with Gasteiger partial charge in [0, 0.05) is 44.7 Å². The zero-order valence-electron chi connectivity index (χ0n) is 12.5. The number of Topliss-reactive ketones (excluding diaryl/α,β-unsaturated/α-hetero) is 1. The molecule has 0 radical (unpaired) electrons. The highest BCUT2D eigenvalue weighted by Crippen LogP contribution is 2.28. The molecule has 0 bridgehead atoms. The van der Waals surface area contributed by atoms with Crippen molar-refractivity contribution in [3.05, 3.63) is 33.8 Å². The Balaban J connectivity index is 1.66. The maximum atomic E-state index is 12.5. The molecule has 1 aromatic carbocycles. The topological polar surface area (TPSA) is 32.3 Å². The van der Waals surface area contributed by atoms with Crippen LogP contribution in [0.4, 0.5) is 0 Å². The minimum atomic E-state index is 0.187. The van der Waals surface area contributed by atoms with Crippen molar-refractivity contribution in [1.29, 1.82) is 0 Å². The molecule has 0 atom stereocenters. The third-order valence-electron chi connectivity index (χ3n) is 4.60. The highest BCUT2D eigenvalue weighted by atomic mass is 35.5. The van der Waals surface area contributed by atoms with Gasteiger partial charge in [-0.1, -0.05) is 11.6 Å². The molecule has 1 fully saturated rings. The first-order valence-corrected chi connectivity index (χ1v) is 8.39. The summed E-state index contributed by atoms with van der Waals surface area (Å²) in [4.78, 5) is 14.8. The Bertz CT molecular complexity index is 524. The van der Waals surface area contributed by atoms with Crippen LogP contribution in [0.25, 0.3) is 0 Å². The van der Waals surface area contributed by atoms with E-state index < -0.39 is 0 Å². The van der Waals surface area contributed by atoms with E-state index in [-0.39, 0.29) is 5.78 Å². The highest BCUT2D eigenvalue weighted by molar-refractivity contribution is 6.34. The molecule has 3 nitrogen and oxygen atoms in total. The maximum absolute atomic E-state index is 12.5. The Kier molecular flexibility index (Phi) is 4.94. The number of piperazine rings is 1. The molecule has 1 aromatic rings. The average Bonchev–Trinajstić information content (AvgIpc) is 2.53. The monoisotopic (exact) mass is 306 g/mol. The smallest absolute Gasteiger partial charge is 0.165 e. The van der Waals surface area contributed by atoms with Gasteiger partial charge < -0.3 is 10.2 Å². The number of fused-ring (bicyclic) bond motifs is 1. The minimum absolute atomic E-state index is 0.187. The van der Waals surface area contributed by atoms with Gasteiger partial charge in [-0.25, -0.2) is 0 Å². The van der Waals surface area contributed by atoms with Gasteiger partial charge in [0.05, 0.1) is 5.02 Å². The van der Waals surface area contributed by atoms with Crippen LogP contribution in [0.2, 0.25) is 5.02 Å². The second kappa shape index (κ2) is 6.91. The van der Waals surface area contributed by atoms with E-state index in [0.717, 1.165) is 51.1 Å². The normalized spacial score (nSPS) is 19.3. The van der Waals surface area contributed by atoms with Crippen molar-refractivity contribution in [1.82, 2.24) is 10.2 Å². The van der Waals surface area contributed by atoms with Crippen LogP contribution in [-0.4, -0.2) is 43.4 Å². The molecular weight excluding hydrogens is 284 g/mol. The minimum Gasteiger partial charge on any atom is -0.314 e. The van der Waals surface area contributed by atoms with Crippen molar-refractivity contribution in [3.63, 3.8) is 0 Å². The van der Waals surface area contributed by atoms with Gasteiger partial charge >= 0.3 is 0 Å². The molecule has 1 saturated heterocycles. The predicted octanol–water partition coefficient (Wildman–Crippen LogP) is 2.70. The van der Waals surface area contributed by atoms with Crippen molar-refractivity contribution in [2.75, 3.05) is 32.7 Å². The number of benzene rings is 1. The number of nitrogens with one attached hydrogen (secondary N) is 1. The van der Waals surface area contributed by atoms with E-state index in [1.807, 2.05) is 6.07 Å². The number of carbonyl (C=O) groups excluding carboxylic acids is 1. The van der Waals surface area contributed by atoms with Crippen LogP contribution in [0.15, 0.2) is 12.1 Å². The SMILES string of the molecule is O=C(CCN1CCNCC1)c1cc2c(cc1Cl)CCCC2. The van der Waals surface area contributed by atoms with E-state index in [2.05, 4.69) is 16.3 Å². The third-order valence-corrected chi connectivity index (χ3v) is 4.91. The second-order valence-corrected chi connectivity index (χ2v) is 6.48. The van der Waals surface area contributed by atoms with Crippen LogP contribution >= 0.6 is 11.6 Å². The summed E-state index contributed by atoms with van der Waals surface area (Å²) in [7, 11) is 0. The molecule has 3 rings (SSSR count). The number of hydrogen-bond donors (Lipinski definition) is 1. The van der Waals surface area contributed by atoms with Gasteiger partial charge in [-0.2, -0.15) is 0 Å². The Morgan fingerprint density at radius 1 is 1.14 bits per heavy atom. The molecule has 2 aliphatic rings. The Labute approximate surface area is 131 Å². The van der Waals surface area contributed by atoms with Crippen molar-refractivity contribution in [2.24, 2.45) is 0 Å². The first kappa shape index (κ1) is 15.0. The summed E-state index contributed by atoms with van der Waals surface area (Å²) in [6.07, 6.45) is 5.22. The van der Waals surface area contributed by atoms with Crippen LogP contribution in [-0.2, 0) is 12.8 Å². The van der Waals surface area contributed by atoms with Gasteiger partial charge in [0.15, 0.2) is 5.78 Å². The molecule has 0 aromatic heterocycles. The summed E-state index contributed by atoms with van der Waals surface area (Å²) in [5.41, 5.74) is 3.40. The molecule has 1 aliphatic carbocycles. The van der Waals surface area contributed by atoms with Gasteiger partial charge in [-0.3, -0.25) is 4.79 Å². The summed E-state index contributed by atoms with van der Waals surface area (Å²) >= 11 is 6.33. The van der Waals surface area contributed by atoms with E-state index in [1.165, 1.54) is 24.0 Å². The van der Waals surface area contributed by atoms with E-state index in [1.54, 1.807) is 0 Å². The summed E-state index contributed by atoms with van der Waals surface area (Å²) in [5.74, 6) is 0.187. The molecule has 4 heteroatoms. The molecule has 1 heterocycles. The van der Waals surface area contributed by atoms with Gasteiger partial charge in [-0.15, -0.1) is 0 Å². The van der Waals surface area contributed by atoms with E-state index in [0.29, 0.717) is 11.4 Å².